The fourth-order valence-electron chi connectivity index (χ4n) is 1.84. The molecule has 2 rings (SSSR count). The third-order valence-electron chi connectivity index (χ3n) is 2.98. The molecule has 0 unspecified atom stereocenters. The Labute approximate surface area is 128 Å². The lowest BCUT2D eigenvalue weighted by Crippen LogP contribution is -2.32. The van der Waals surface area contributed by atoms with Crippen molar-refractivity contribution >= 4 is 17.8 Å². The van der Waals surface area contributed by atoms with Crippen LogP contribution in [-0.2, 0) is 4.79 Å². The minimum absolute atomic E-state index is 0.0387. The standard InChI is InChI=1S/C16H17N3O3/c1-19(13-5-3-2-4-6-13)11-16(22)18-17-10-12-7-8-14(20)9-15(12)21/h2-10,20-21H,11H2,1H3,(H,18,22)/b17-10+. The highest BCUT2D eigenvalue weighted by molar-refractivity contribution is 5.86. The van der Waals surface area contributed by atoms with E-state index in [1.807, 2.05) is 37.4 Å². The summed E-state index contributed by atoms with van der Waals surface area (Å²) in [5.41, 5.74) is 3.72. The zero-order valence-electron chi connectivity index (χ0n) is 12.1. The number of rotatable bonds is 5. The number of hydrogen-bond acceptors (Lipinski definition) is 5. The number of aromatic hydroxyl groups is 2. The largest absolute Gasteiger partial charge is 0.508 e. The summed E-state index contributed by atoms with van der Waals surface area (Å²) in [5, 5.41) is 22.5. The average Bonchev–Trinajstić information content (AvgIpc) is 2.50. The van der Waals surface area contributed by atoms with E-state index in [9.17, 15) is 15.0 Å². The second kappa shape index (κ2) is 7.12. The van der Waals surface area contributed by atoms with Gasteiger partial charge in [-0.25, -0.2) is 5.43 Å². The monoisotopic (exact) mass is 299 g/mol. The number of para-hydroxylation sites is 1. The van der Waals surface area contributed by atoms with Crippen LogP contribution in [0.25, 0.3) is 0 Å². The summed E-state index contributed by atoms with van der Waals surface area (Å²) in [4.78, 5) is 13.6. The maximum absolute atomic E-state index is 11.8. The summed E-state index contributed by atoms with van der Waals surface area (Å²) in [6.45, 7) is 0.156. The first kappa shape index (κ1) is 15.4. The SMILES string of the molecule is CN(CC(=O)N/N=C/c1ccc(O)cc1O)c1ccccc1. The van der Waals surface area contributed by atoms with Gasteiger partial charge in [0, 0.05) is 24.4 Å². The lowest BCUT2D eigenvalue weighted by atomic mass is 10.2. The van der Waals surface area contributed by atoms with Gasteiger partial charge >= 0.3 is 0 Å². The van der Waals surface area contributed by atoms with E-state index < -0.39 is 0 Å². The molecule has 0 saturated carbocycles. The number of hydrazone groups is 1. The number of carbonyl (C=O) groups is 1. The average molecular weight is 299 g/mol. The molecule has 6 nitrogen and oxygen atoms in total. The van der Waals surface area contributed by atoms with Gasteiger partial charge in [-0.15, -0.1) is 0 Å². The molecular formula is C16H17N3O3. The molecule has 6 heteroatoms. The summed E-state index contributed by atoms with van der Waals surface area (Å²) < 4.78 is 0. The smallest absolute Gasteiger partial charge is 0.259 e. The summed E-state index contributed by atoms with van der Waals surface area (Å²) in [6.07, 6.45) is 1.31. The molecule has 114 valence electrons. The number of phenols is 2. The lowest BCUT2D eigenvalue weighted by molar-refractivity contribution is -0.119. The van der Waals surface area contributed by atoms with Gasteiger partial charge in [-0.3, -0.25) is 4.79 Å². The second-order valence-corrected chi connectivity index (χ2v) is 4.73. The van der Waals surface area contributed by atoms with Gasteiger partial charge in [-0.05, 0) is 24.3 Å². The Balaban J connectivity index is 1.88. The zero-order chi connectivity index (χ0) is 15.9. The van der Waals surface area contributed by atoms with Gasteiger partial charge in [0.05, 0.1) is 12.8 Å². The first-order valence-electron chi connectivity index (χ1n) is 6.66. The van der Waals surface area contributed by atoms with Crippen LogP contribution >= 0.6 is 0 Å². The molecule has 0 bridgehead atoms. The number of hydrogen-bond donors (Lipinski definition) is 3. The molecule has 0 atom stereocenters. The molecule has 0 aliphatic carbocycles. The quantitative estimate of drug-likeness (QED) is 0.579. The summed E-state index contributed by atoms with van der Waals surface area (Å²) in [7, 11) is 1.81. The highest BCUT2D eigenvalue weighted by Gasteiger charge is 2.06. The minimum Gasteiger partial charge on any atom is -0.508 e. The highest BCUT2D eigenvalue weighted by atomic mass is 16.3. The molecule has 0 spiro atoms. The number of carbonyl (C=O) groups excluding carboxylic acids is 1. The van der Waals surface area contributed by atoms with Crippen molar-refractivity contribution < 1.29 is 15.0 Å². The van der Waals surface area contributed by atoms with Gasteiger partial charge in [-0.2, -0.15) is 5.10 Å². The van der Waals surface area contributed by atoms with E-state index in [1.54, 1.807) is 4.90 Å². The van der Waals surface area contributed by atoms with Gasteiger partial charge in [0.2, 0.25) is 0 Å². The normalized spacial score (nSPS) is 10.6. The van der Waals surface area contributed by atoms with Gasteiger partial charge in [-0.1, -0.05) is 18.2 Å². The predicted molar refractivity (Wildman–Crippen MR) is 85.2 cm³/mol. The third kappa shape index (κ3) is 4.24. The molecule has 0 aliphatic rings. The van der Waals surface area contributed by atoms with Crippen LogP contribution in [0, 0.1) is 0 Å². The zero-order valence-corrected chi connectivity index (χ0v) is 12.1. The van der Waals surface area contributed by atoms with Crippen LogP contribution in [0.15, 0.2) is 53.6 Å². The van der Waals surface area contributed by atoms with Crippen LogP contribution in [0.5, 0.6) is 11.5 Å². The first-order valence-corrected chi connectivity index (χ1v) is 6.66. The van der Waals surface area contributed by atoms with E-state index >= 15 is 0 Å². The number of nitrogens with one attached hydrogen (secondary N) is 1. The predicted octanol–water partition coefficient (Wildman–Crippen LogP) is 1.68. The molecule has 3 N–H and O–H groups in total. The number of anilines is 1. The van der Waals surface area contributed by atoms with Crippen LogP contribution in [0.1, 0.15) is 5.56 Å². The van der Waals surface area contributed by atoms with Crippen LogP contribution < -0.4 is 10.3 Å². The van der Waals surface area contributed by atoms with Crippen molar-refractivity contribution in [3.05, 3.63) is 54.1 Å². The lowest BCUT2D eigenvalue weighted by Gasteiger charge is -2.17. The molecule has 0 radical (unpaired) electrons. The number of nitrogens with zero attached hydrogens (tertiary/aromatic N) is 2. The molecule has 1 amide bonds. The minimum atomic E-state index is -0.277. The Morgan fingerprint density at radius 1 is 1.23 bits per heavy atom. The van der Waals surface area contributed by atoms with Crippen LogP contribution in [-0.4, -0.2) is 35.9 Å². The van der Waals surface area contributed by atoms with Crippen molar-refractivity contribution in [2.45, 2.75) is 0 Å². The molecule has 2 aromatic carbocycles. The number of amides is 1. The van der Waals surface area contributed by atoms with Gasteiger partial charge < -0.3 is 15.1 Å². The molecular weight excluding hydrogens is 282 g/mol. The van der Waals surface area contributed by atoms with Gasteiger partial charge in [0.25, 0.3) is 5.91 Å². The number of likely N-dealkylation sites (N-methyl/N-ethyl adjacent to an activating group) is 1. The topological polar surface area (TPSA) is 85.2 Å². The molecule has 0 aromatic heterocycles. The third-order valence-corrected chi connectivity index (χ3v) is 2.98. The highest BCUT2D eigenvalue weighted by Crippen LogP contribution is 2.20. The maximum atomic E-state index is 11.8. The molecule has 2 aromatic rings. The van der Waals surface area contributed by atoms with E-state index in [-0.39, 0.29) is 24.0 Å². The second-order valence-electron chi connectivity index (χ2n) is 4.73. The van der Waals surface area contributed by atoms with E-state index in [1.165, 1.54) is 24.4 Å². The van der Waals surface area contributed by atoms with Crippen LogP contribution in [0.2, 0.25) is 0 Å². The fraction of sp³-hybridized carbons (Fsp3) is 0.125. The van der Waals surface area contributed by atoms with Crippen molar-refractivity contribution in [3.8, 4) is 11.5 Å². The van der Waals surface area contributed by atoms with E-state index in [0.29, 0.717) is 5.56 Å². The Bertz CT molecular complexity index is 672. The van der Waals surface area contributed by atoms with Crippen molar-refractivity contribution in [1.82, 2.24) is 5.43 Å². The molecule has 0 aliphatic heterocycles. The fourth-order valence-corrected chi connectivity index (χ4v) is 1.84. The van der Waals surface area contributed by atoms with E-state index in [2.05, 4.69) is 10.5 Å². The molecule has 0 fully saturated rings. The van der Waals surface area contributed by atoms with Crippen molar-refractivity contribution in [1.29, 1.82) is 0 Å². The van der Waals surface area contributed by atoms with Gasteiger partial charge in [0.15, 0.2) is 0 Å². The number of benzene rings is 2. The van der Waals surface area contributed by atoms with E-state index in [0.717, 1.165) is 5.69 Å². The maximum Gasteiger partial charge on any atom is 0.259 e. The Kier molecular flexibility index (Phi) is 4.98. The molecule has 0 heterocycles. The van der Waals surface area contributed by atoms with E-state index in [4.69, 9.17) is 0 Å². The van der Waals surface area contributed by atoms with Crippen molar-refractivity contribution in [2.75, 3.05) is 18.5 Å². The first-order chi connectivity index (χ1) is 10.6. The summed E-state index contributed by atoms with van der Waals surface area (Å²) >= 11 is 0. The van der Waals surface area contributed by atoms with Crippen LogP contribution in [0.3, 0.4) is 0 Å². The van der Waals surface area contributed by atoms with Crippen molar-refractivity contribution in [2.24, 2.45) is 5.10 Å². The molecule has 0 saturated heterocycles. The Morgan fingerprint density at radius 2 is 1.95 bits per heavy atom. The van der Waals surface area contributed by atoms with Crippen molar-refractivity contribution in [3.63, 3.8) is 0 Å². The number of phenolic OH excluding ortho intramolecular Hbond substituents is 2. The Hall–Kier alpha value is -3.02. The van der Waals surface area contributed by atoms with Crippen LogP contribution in [0.4, 0.5) is 5.69 Å². The summed E-state index contributed by atoms with van der Waals surface area (Å²) in [6, 6.07) is 13.6. The molecule has 22 heavy (non-hydrogen) atoms. The summed E-state index contributed by atoms with van der Waals surface area (Å²) in [5.74, 6) is -0.427. The van der Waals surface area contributed by atoms with Gasteiger partial charge in [0.1, 0.15) is 11.5 Å². The Morgan fingerprint density at radius 3 is 2.64 bits per heavy atom.